The van der Waals surface area contributed by atoms with E-state index < -0.39 is 23.7 Å². The molecule has 0 aliphatic carbocycles. The fourth-order valence-electron chi connectivity index (χ4n) is 2.63. The van der Waals surface area contributed by atoms with E-state index in [9.17, 15) is 14.0 Å². The van der Waals surface area contributed by atoms with E-state index in [4.69, 9.17) is 4.74 Å². The molecule has 0 aliphatic rings. The minimum atomic E-state index is -0.719. The number of carbonyl (C=O) groups excluding carboxylic acids is 2. The van der Waals surface area contributed by atoms with Gasteiger partial charge in [-0.2, -0.15) is 0 Å². The van der Waals surface area contributed by atoms with Gasteiger partial charge in [0.25, 0.3) is 0 Å². The Kier molecular flexibility index (Phi) is 5.48. The van der Waals surface area contributed by atoms with Gasteiger partial charge in [-0.15, -0.1) is 11.3 Å². The molecule has 134 valence electrons. The molecule has 0 spiro atoms. The highest BCUT2D eigenvalue weighted by atomic mass is 32.1. The van der Waals surface area contributed by atoms with Gasteiger partial charge >= 0.3 is 12.0 Å². The number of methoxy groups -OCH3 is 1. The number of amides is 2. The number of halogens is 1. The Hall–Kier alpha value is -2.93. The molecule has 0 fully saturated rings. The summed E-state index contributed by atoms with van der Waals surface area (Å²) in [6, 6.07) is 12.7. The largest absolute Gasteiger partial charge is 0.468 e. The lowest BCUT2D eigenvalue weighted by atomic mass is 9.99. The van der Waals surface area contributed by atoms with Crippen LogP contribution in [0.2, 0.25) is 0 Å². The van der Waals surface area contributed by atoms with Crippen LogP contribution < -0.4 is 10.6 Å². The third-order valence-corrected chi connectivity index (χ3v) is 4.92. The van der Waals surface area contributed by atoms with Crippen molar-refractivity contribution >= 4 is 39.1 Å². The maximum Gasteiger partial charge on any atom is 0.319 e. The van der Waals surface area contributed by atoms with Crippen molar-refractivity contribution in [2.45, 2.75) is 5.92 Å². The normalized spacial score (nSPS) is 11.8. The van der Waals surface area contributed by atoms with Crippen molar-refractivity contribution in [2.75, 3.05) is 19.0 Å². The number of hydrogen-bond acceptors (Lipinski definition) is 4. The smallest absolute Gasteiger partial charge is 0.319 e. The van der Waals surface area contributed by atoms with Crippen molar-refractivity contribution in [2.24, 2.45) is 0 Å². The van der Waals surface area contributed by atoms with Gasteiger partial charge in [0.2, 0.25) is 0 Å². The summed E-state index contributed by atoms with van der Waals surface area (Å²) in [6.45, 7) is 0.0323. The molecule has 1 heterocycles. The molecule has 3 aromatic rings. The lowest BCUT2D eigenvalue weighted by Gasteiger charge is -2.16. The van der Waals surface area contributed by atoms with Gasteiger partial charge in [0, 0.05) is 6.54 Å². The predicted molar refractivity (Wildman–Crippen MR) is 100 cm³/mol. The molecular weight excluding hydrogens is 355 g/mol. The molecule has 2 amide bonds. The van der Waals surface area contributed by atoms with Gasteiger partial charge in [0.1, 0.15) is 5.82 Å². The third-order valence-electron chi connectivity index (χ3n) is 3.95. The first-order valence-electron chi connectivity index (χ1n) is 7.93. The number of rotatable bonds is 5. The number of ether oxygens (including phenoxy) is 1. The van der Waals surface area contributed by atoms with E-state index in [2.05, 4.69) is 10.6 Å². The molecule has 2 aromatic carbocycles. The van der Waals surface area contributed by atoms with Crippen molar-refractivity contribution < 1.29 is 18.7 Å². The first-order valence-corrected chi connectivity index (χ1v) is 8.81. The van der Waals surface area contributed by atoms with E-state index in [-0.39, 0.29) is 6.54 Å². The van der Waals surface area contributed by atoms with Crippen LogP contribution in [0.25, 0.3) is 10.1 Å². The molecule has 3 rings (SSSR count). The Morgan fingerprint density at radius 3 is 2.65 bits per heavy atom. The fraction of sp³-hybridized carbons (Fsp3) is 0.158. The summed E-state index contributed by atoms with van der Waals surface area (Å²) in [6.07, 6.45) is 0. The van der Waals surface area contributed by atoms with Crippen LogP contribution in [0.3, 0.4) is 0 Å². The van der Waals surface area contributed by atoms with Crippen LogP contribution >= 0.6 is 11.3 Å². The summed E-state index contributed by atoms with van der Waals surface area (Å²) < 4.78 is 18.9. The first kappa shape index (κ1) is 17.9. The lowest BCUT2D eigenvalue weighted by molar-refractivity contribution is -0.142. The zero-order chi connectivity index (χ0) is 18.5. The zero-order valence-electron chi connectivity index (χ0n) is 14.0. The average Bonchev–Trinajstić information content (AvgIpc) is 3.13. The summed E-state index contributed by atoms with van der Waals surface area (Å²) in [4.78, 5) is 24.3. The highest BCUT2D eigenvalue weighted by Crippen LogP contribution is 2.28. The number of carbonyl (C=O) groups is 2. The summed E-state index contributed by atoms with van der Waals surface area (Å²) in [5.74, 6) is -1.62. The zero-order valence-corrected chi connectivity index (χ0v) is 14.8. The first-order chi connectivity index (χ1) is 12.6. The van der Waals surface area contributed by atoms with E-state index in [0.29, 0.717) is 11.3 Å². The number of thiophene rings is 1. The van der Waals surface area contributed by atoms with Gasteiger partial charge in [0.15, 0.2) is 0 Å². The van der Waals surface area contributed by atoms with Crippen LogP contribution in [0, 0.1) is 5.82 Å². The van der Waals surface area contributed by atoms with Crippen LogP contribution in [-0.2, 0) is 9.53 Å². The second-order valence-corrected chi connectivity index (χ2v) is 6.52. The van der Waals surface area contributed by atoms with E-state index in [1.807, 2.05) is 29.6 Å². The quantitative estimate of drug-likeness (QED) is 0.662. The molecule has 7 heteroatoms. The summed E-state index contributed by atoms with van der Waals surface area (Å²) in [5, 5.41) is 8.47. The van der Waals surface area contributed by atoms with E-state index in [0.717, 1.165) is 10.1 Å². The molecule has 1 atom stereocenters. The molecule has 0 saturated heterocycles. The number of fused-ring (bicyclic) bond motifs is 1. The van der Waals surface area contributed by atoms with Crippen molar-refractivity contribution in [1.29, 1.82) is 0 Å². The number of urea groups is 1. The Bertz CT molecular complexity index is 924. The molecule has 0 saturated carbocycles. The SMILES string of the molecule is COC(=O)C(CNC(=O)Nc1cccc2ccsc12)c1ccc(F)cc1. The molecule has 1 unspecified atom stereocenters. The number of nitrogens with one attached hydrogen (secondary N) is 2. The maximum atomic E-state index is 13.1. The molecule has 1 aromatic heterocycles. The second kappa shape index (κ2) is 7.97. The van der Waals surface area contributed by atoms with E-state index >= 15 is 0 Å². The summed E-state index contributed by atoms with van der Waals surface area (Å²) in [7, 11) is 1.27. The van der Waals surface area contributed by atoms with Crippen molar-refractivity contribution in [3.05, 3.63) is 65.3 Å². The molecule has 26 heavy (non-hydrogen) atoms. The van der Waals surface area contributed by atoms with Crippen LogP contribution in [0.1, 0.15) is 11.5 Å². The number of anilines is 1. The number of benzene rings is 2. The van der Waals surface area contributed by atoms with Gasteiger partial charge in [-0.25, -0.2) is 9.18 Å². The number of hydrogen-bond donors (Lipinski definition) is 2. The van der Waals surface area contributed by atoms with Crippen molar-refractivity contribution in [1.82, 2.24) is 5.32 Å². The molecule has 0 radical (unpaired) electrons. The van der Waals surface area contributed by atoms with Gasteiger partial charge in [-0.1, -0.05) is 24.3 Å². The molecule has 0 aliphatic heterocycles. The van der Waals surface area contributed by atoms with Crippen molar-refractivity contribution in [3.63, 3.8) is 0 Å². The Morgan fingerprint density at radius 2 is 1.92 bits per heavy atom. The van der Waals surface area contributed by atoms with Crippen LogP contribution in [0.15, 0.2) is 53.9 Å². The summed E-state index contributed by atoms with van der Waals surface area (Å²) in [5.41, 5.74) is 1.27. The minimum absolute atomic E-state index is 0.0323. The van der Waals surface area contributed by atoms with Crippen LogP contribution in [0.4, 0.5) is 14.9 Å². The maximum absolute atomic E-state index is 13.1. The van der Waals surface area contributed by atoms with Crippen molar-refractivity contribution in [3.8, 4) is 0 Å². The highest BCUT2D eigenvalue weighted by Gasteiger charge is 2.22. The fourth-order valence-corrected chi connectivity index (χ4v) is 3.50. The van der Waals surface area contributed by atoms with Crippen LogP contribution in [0.5, 0.6) is 0 Å². The standard InChI is InChI=1S/C19H17FN2O3S/c1-25-18(23)15(12-5-7-14(20)8-6-12)11-21-19(24)22-16-4-2-3-13-9-10-26-17(13)16/h2-10,15H,11H2,1H3,(H2,21,22,24). The topological polar surface area (TPSA) is 67.4 Å². The third kappa shape index (κ3) is 4.00. The highest BCUT2D eigenvalue weighted by molar-refractivity contribution is 7.17. The van der Waals surface area contributed by atoms with Gasteiger partial charge in [0.05, 0.1) is 23.4 Å². The Labute approximate surface area is 153 Å². The monoisotopic (exact) mass is 372 g/mol. The molecule has 5 nitrogen and oxygen atoms in total. The van der Waals surface area contributed by atoms with E-state index in [1.165, 1.54) is 42.7 Å². The Morgan fingerprint density at radius 1 is 1.15 bits per heavy atom. The lowest BCUT2D eigenvalue weighted by Crippen LogP contribution is -2.35. The molecular formula is C19H17FN2O3S. The summed E-state index contributed by atoms with van der Waals surface area (Å²) >= 11 is 1.53. The number of esters is 1. The van der Waals surface area contributed by atoms with Crippen LogP contribution in [-0.4, -0.2) is 25.7 Å². The Balaban J connectivity index is 1.68. The molecule has 0 bridgehead atoms. The average molecular weight is 372 g/mol. The predicted octanol–water partition coefficient (Wildman–Crippen LogP) is 4.12. The molecule has 2 N–H and O–H groups in total. The second-order valence-electron chi connectivity index (χ2n) is 5.61. The minimum Gasteiger partial charge on any atom is -0.468 e. The van der Waals surface area contributed by atoms with Gasteiger partial charge < -0.3 is 15.4 Å². The van der Waals surface area contributed by atoms with E-state index in [1.54, 1.807) is 0 Å². The van der Waals surface area contributed by atoms with Gasteiger partial charge in [-0.05, 0) is 40.6 Å². The van der Waals surface area contributed by atoms with Gasteiger partial charge in [-0.3, -0.25) is 4.79 Å².